The van der Waals surface area contributed by atoms with E-state index in [1.807, 2.05) is 0 Å². The highest BCUT2D eigenvalue weighted by Gasteiger charge is 2.31. The topological polar surface area (TPSA) is 66.5 Å². The molecule has 0 unspecified atom stereocenters. The van der Waals surface area contributed by atoms with Crippen LogP contribution < -0.4 is 9.62 Å². The smallest absolute Gasteiger partial charge is 0.323 e. The van der Waals surface area contributed by atoms with Crippen LogP contribution in [0.3, 0.4) is 0 Å². The van der Waals surface area contributed by atoms with Gasteiger partial charge >= 0.3 is 6.18 Å². The van der Waals surface area contributed by atoms with Crippen LogP contribution >= 0.6 is 11.6 Å². The molecule has 2 rings (SSSR count). The zero-order valence-corrected chi connectivity index (χ0v) is 15.3. The first-order valence-electron chi connectivity index (χ1n) is 7.28. The van der Waals surface area contributed by atoms with E-state index in [-0.39, 0.29) is 16.4 Å². The monoisotopic (exact) mass is 424 g/mol. The molecule has 1 amide bonds. The van der Waals surface area contributed by atoms with E-state index in [0.29, 0.717) is 10.4 Å². The van der Waals surface area contributed by atoms with Crippen molar-refractivity contribution in [3.05, 3.63) is 58.9 Å². The highest BCUT2D eigenvalue weighted by molar-refractivity contribution is 7.92. The maximum Gasteiger partial charge on any atom is 0.416 e. The lowest BCUT2D eigenvalue weighted by atomic mass is 10.2. The molecule has 2 aromatic rings. The summed E-state index contributed by atoms with van der Waals surface area (Å²) in [7, 11) is -3.97. The number of carbonyl (C=O) groups is 1. The first kappa shape index (κ1) is 21.0. The van der Waals surface area contributed by atoms with Crippen molar-refractivity contribution < 1.29 is 30.8 Å². The van der Waals surface area contributed by atoms with E-state index in [1.54, 1.807) is 0 Å². The van der Waals surface area contributed by atoms with Crippen LogP contribution in [0.5, 0.6) is 0 Å². The maximum atomic E-state index is 13.4. The average molecular weight is 425 g/mol. The van der Waals surface area contributed by atoms with Crippen molar-refractivity contribution in [1.82, 2.24) is 0 Å². The Labute approximate surface area is 157 Å². The summed E-state index contributed by atoms with van der Waals surface area (Å²) in [5, 5.41) is 1.98. The van der Waals surface area contributed by atoms with Crippen molar-refractivity contribution in [2.24, 2.45) is 0 Å². The van der Waals surface area contributed by atoms with Gasteiger partial charge in [0.2, 0.25) is 15.9 Å². The Morgan fingerprint density at radius 2 is 1.85 bits per heavy atom. The molecule has 0 heterocycles. The molecule has 0 spiro atoms. The predicted octanol–water partition coefficient (Wildman–Crippen LogP) is 3.90. The van der Waals surface area contributed by atoms with Crippen molar-refractivity contribution in [1.29, 1.82) is 0 Å². The van der Waals surface area contributed by atoms with Gasteiger partial charge in [-0.3, -0.25) is 9.10 Å². The molecule has 0 fully saturated rings. The van der Waals surface area contributed by atoms with Crippen molar-refractivity contribution in [2.75, 3.05) is 22.4 Å². The van der Waals surface area contributed by atoms with E-state index in [2.05, 4.69) is 5.32 Å². The van der Waals surface area contributed by atoms with Gasteiger partial charge in [-0.15, -0.1) is 0 Å². The minimum absolute atomic E-state index is 0.109. The summed E-state index contributed by atoms with van der Waals surface area (Å²) < 4.78 is 76.2. The van der Waals surface area contributed by atoms with Gasteiger partial charge in [0.15, 0.2) is 0 Å². The molecule has 146 valence electrons. The third kappa shape index (κ3) is 5.57. The van der Waals surface area contributed by atoms with E-state index in [4.69, 9.17) is 11.6 Å². The first-order valence-corrected chi connectivity index (χ1v) is 9.50. The van der Waals surface area contributed by atoms with Crippen LogP contribution in [0.1, 0.15) is 5.56 Å². The van der Waals surface area contributed by atoms with Crippen LogP contribution in [0.25, 0.3) is 0 Å². The molecular formula is C16H13ClF4N2O3S. The third-order valence-electron chi connectivity index (χ3n) is 3.35. The van der Waals surface area contributed by atoms with Crippen LogP contribution in [-0.2, 0) is 21.0 Å². The fraction of sp³-hybridized carbons (Fsp3) is 0.188. The Hall–Kier alpha value is -2.33. The van der Waals surface area contributed by atoms with Crippen LogP contribution in [0.4, 0.5) is 28.9 Å². The van der Waals surface area contributed by atoms with Gasteiger partial charge in [-0.2, -0.15) is 13.2 Å². The highest BCUT2D eigenvalue weighted by Crippen LogP contribution is 2.33. The molecule has 0 bridgehead atoms. The van der Waals surface area contributed by atoms with E-state index >= 15 is 0 Å². The molecule has 11 heteroatoms. The quantitative estimate of drug-likeness (QED) is 0.740. The molecule has 0 aliphatic heterocycles. The molecule has 0 radical (unpaired) electrons. The van der Waals surface area contributed by atoms with Crippen LogP contribution in [0.15, 0.2) is 42.5 Å². The number of hydrogen-bond donors (Lipinski definition) is 1. The van der Waals surface area contributed by atoms with E-state index in [0.717, 1.165) is 30.5 Å². The number of hydrogen-bond acceptors (Lipinski definition) is 3. The molecule has 1 N–H and O–H groups in total. The molecule has 0 aliphatic rings. The van der Waals surface area contributed by atoms with Gasteiger partial charge in [-0.05, 0) is 36.4 Å². The number of rotatable bonds is 5. The van der Waals surface area contributed by atoms with Crippen LogP contribution in [0.2, 0.25) is 5.02 Å². The second-order valence-corrected chi connectivity index (χ2v) is 7.80. The number of carbonyl (C=O) groups excluding carboxylic acids is 1. The fourth-order valence-corrected chi connectivity index (χ4v) is 3.16. The van der Waals surface area contributed by atoms with Crippen molar-refractivity contribution in [2.45, 2.75) is 6.18 Å². The first-order chi connectivity index (χ1) is 12.4. The number of nitrogens with one attached hydrogen (secondary N) is 1. The van der Waals surface area contributed by atoms with Gasteiger partial charge in [0.05, 0.1) is 28.2 Å². The van der Waals surface area contributed by atoms with Gasteiger partial charge in [0.25, 0.3) is 0 Å². The molecule has 0 aromatic heterocycles. The summed E-state index contributed by atoms with van der Waals surface area (Å²) in [5.41, 5.74) is -1.47. The summed E-state index contributed by atoms with van der Waals surface area (Å²) >= 11 is 5.79. The second kappa shape index (κ2) is 7.73. The number of halogens is 5. The average Bonchev–Trinajstić information content (AvgIpc) is 2.52. The maximum absolute atomic E-state index is 13.4. The number of alkyl halides is 3. The Balaban J connectivity index is 2.27. The zero-order valence-electron chi connectivity index (χ0n) is 13.7. The number of benzene rings is 2. The van der Waals surface area contributed by atoms with Crippen LogP contribution in [-0.4, -0.2) is 27.1 Å². The zero-order chi connectivity index (χ0) is 20.4. The molecule has 2 aromatic carbocycles. The Bertz CT molecular complexity index is 964. The van der Waals surface area contributed by atoms with Gasteiger partial charge in [0, 0.05) is 0 Å². The summed E-state index contributed by atoms with van der Waals surface area (Å²) in [6.45, 7) is -0.783. The predicted molar refractivity (Wildman–Crippen MR) is 93.7 cm³/mol. The van der Waals surface area contributed by atoms with Gasteiger partial charge < -0.3 is 5.32 Å². The lowest BCUT2D eigenvalue weighted by Crippen LogP contribution is -2.37. The summed E-state index contributed by atoms with van der Waals surface area (Å²) in [6, 6.07) is 6.86. The molecule has 0 saturated carbocycles. The Morgan fingerprint density at radius 3 is 2.41 bits per heavy atom. The van der Waals surface area contributed by atoms with Gasteiger partial charge in [-0.1, -0.05) is 17.7 Å². The SMILES string of the molecule is CS(=O)(=O)N(CC(=O)Nc1cc(C(F)(F)F)ccc1Cl)c1cccc(F)c1. The molecule has 27 heavy (non-hydrogen) atoms. The number of nitrogens with zero attached hydrogens (tertiary/aromatic N) is 1. The second-order valence-electron chi connectivity index (χ2n) is 5.49. The number of sulfonamides is 1. The van der Waals surface area contributed by atoms with Crippen molar-refractivity contribution in [3.8, 4) is 0 Å². The number of anilines is 2. The van der Waals surface area contributed by atoms with E-state index < -0.39 is 40.0 Å². The summed E-state index contributed by atoms with van der Waals surface area (Å²) in [6.07, 6.45) is -3.84. The molecule has 0 atom stereocenters. The highest BCUT2D eigenvalue weighted by atomic mass is 35.5. The normalized spacial score (nSPS) is 11.9. The lowest BCUT2D eigenvalue weighted by Gasteiger charge is -2.22. The van der Waals surface area contributed by atoms with Crippen molar-refractivity contribution in [3.63, 3.8) is 0 Å². The third-order valence-corrected chi connectivity index (χ3v) is 4.82. The van der Waals surface area contributed by atoms with E-state index in [1.165, 1.54) is 12.1 Å². The molecule has 5 nitrogen and oxygen atoms in total. The minimum Gasteiger partial charge on any atom is -0.323 e. The minimum atomic E-state index is -4.65. The summed E-state index contributed by atoms with van der Waals surface area (Å²) in [4.78, 5) is 12.2. The van der Waals surface area contributed by atoms with Gasteiger partial charge in [0.1, 0.15) is 12.4 Å². The van der Waals surface area contributed by atoms with Crippen LogP contribution in [0, 0.1) is 5.82 Å². The molecule has 0 saturated heterocycles. The van der Waals surface area contributed by atoms with E-state index in [9.17, 15) is 30.8 Å². The fourth-order valence-electron chi connectivity index (χ4n) is 2.15. The van der Waals surface area contributed by atoms with Crippen molar-refractivity contribution >= 4 is 38.9 Å². The Morgan fingerprint density at radius 1 is 1.19 bits per heavy atom. The standard InChI is InChI=1S/C16H13ClF4N2O3S/c1-27(25,26)23(12-4-2-3-11(18)8-12)9-15(24)22-14-7-10(16(19,20)21)5-6-13(14)17/h2-8H,9H2,1H3,(H,22,24). The molecular weight excluding hydrogens is 412 g/mol. The summed E-state index contributed by atoms with van der Waals surface area (Å²) in [5.74, 6) is -1.67. The molecule has 0 aliphatic carbocycles. The largest absolute Gasteiger partial charge is 0.416 e. The van der Waals surface area contributed by atoms with Gasteiger partial charge in [-0.25, -0.2) is 12.8 Å². The Kier molecular flexibility index (Phi) is 6.01. The lowest BCUT2D eigenvalue weighted by molar-refractivity contribution is -0.137. The number of amides is 1.